The molecule has 140 valence electrons. The number of halogens is 2. The zero-order valence-corrected chi connectivity index (χ0v) is 16.5. The van der Waals surface area contributed by atoms with Crippen molar-refractivity contribution in [2.24, 2.45) is 0 Å². The molecule has 5 nitrogen and oxygen atoms in total. The number of amides is 2. The first kappa shape index (κ1) is 18.2. The summed E-state index contributed by atoms with van der Waals surface area (Å²) >= 11 is 3.11. The minimum Gasteiger partial charge on any atom is -0.314 e. The van der Waals surface area contributed by atoms with Gasteiger partial charge in [0.15, 0.2) is 0 Å². The van der Waals surface area contributed by atoms with E-state index in [1.807, 2.05) is 43.3 Å². The highest BCUT2D eigenvalue weighted by Crippen LogP contribution is 2.29. The van der Waals surface area contributed by atoms with E-state index < -0.39 is 6.03 Å². The van der Waals surface area contributed by atoms with Crippen molar-refractivity contribution in [2.45, 2.75) is 6.92 Å². The molecule has 0 spiro atoms. The van der Waals surface area contributed by atoms with E-state index in [4.69, 9.17) is 0 Å². The van der Waals surface area contributed by atoms with Gasteiger partial charge >= 0.3 is 6.03 Å². The van der Waals surface area contributed by atoms with Crippen molar-refractivity contribution in [3.8, 4) is 5.69 Å². The fourth-order valence-electron chi connectivity index (χ4n) is 3.17. The minimum absolute atomic E-state index is 0.289. The van der Waals surface area contributed by atoms with Crippen LogP contribution >= 0.6 is 15.9 Å². The number of pyridine rings is 1. The largest absolute Gasteiger partial charge is 0.323 e. The molecule has 0 saturated carbocycles. The Morgan fingerprint density at radius 2 is 1.86 bits per heavy atom. The second kappa shape index (κ2) is 7.44. The van der Waals surface area contributed by atoms with Crippen LogP contribution in [0.25, 0.3) is 16.6 Å². The molecule has 2 amide bonds. The predicted molar refractivity (Wildman–Crippen MR) is 113 cm³/mol. The number of carbonyl (C=O) groups is 1. The molecule has 0 aliphatic carbocycles. The highest BCUT2D eigenvalue weighted by molar-refractivity contribution is 9.10. The van der Waals surface area contributed by atoms with E-state index in [9.17, 15) is 9.18 Å². The molecule has 4 rings (SSSR count). The number of anilines is 2. The molecule has 0 bridgehead atoms. The summed E-state index contributed by atoms with van der Waals surface area (Å²) in [5.74, 6) is -0.386. The van der Waals surface area contributed by atoms with E-state index in [0.717, 1.165) is 22.3 Å². The molecule has 2 aromatic heterocycles. The molecule has 2 heterocycles. The topological polar surface area (TPSA) is 59.0 Å². The Kier molecular flexibility index (Phi) is 4.83. The summed E-state index contributed by atoms with van der Waals surface area (Å²) in [6.45, 7) is 2.01. The maximum atomic E-state index is 13.4. The Hall–Kier alpha value is -3.19. The number of benzene rings is 2. The molecule has 2 aromatic carbocycles. The quantitative estimate of drug-likeness (QED) is 0.419. The molecule has 0 unspecified atom stereocenters. The highest BCUT2D eigenvalue weighted by atomic mass is 79.9. The van der Waals surface area contributed by atoms with Gasteiger partial charge in [-0.25, -0.2) is 9.18 Å². The van der Waals surface area contributed by atoms with Crippen LogP contribution in [-0.2, 0) is 0 Å². The average molecular weight is 439 g/mol. The number of hydrogen-bond acceptors (Lipinski definition) is 2. The number of carbonyl (C=O) groups excluding carboxylic acids is 1. The van der Waals surface area contributed by atoms with Crippen LogP contribution in [0, 0.1) is 12.7 Å². The summed E-state index contributed by atoms with van der Waals surface area (Å²) in [5.41, 5.74) is 4.19. The van der Waals surface area contributed by atoms with Gasteiger partial charge in [0, 0.05) is 34.8 Å². The number of fused-ring (bicyclic) bond motifs is 1. The molecule has 0 fully saturated rings. The van der Waals surface area contributed by atoms with Crippen molar-refractivity contribution in [2.75, 3.05) is 10.6 Å². The van der Waals surface area contributed by atoms with Crippen molar-refractivity contribution in [1.29, 1.82) is 0 Å². The van der Waals surface area contributed by atoms with Crippen LogP contribution < -0.4 is 10.6 Å². The number of rotatable bonds is 3. The van der Waals surface area contributed by atoms with Crippen LogP contribution in [0.5, 0.6) is 0 Å². The van der Waals surface area contributed by atoms with Crippen molar-refractivity contribution in [3.05, 3.63) is 83.0 Å². The van der Waals surface area contributed by atoms with Gasteiger partial charge in [0.1, 0.15) is 5.82 Å². The number of nitrogens with zero attached hydrogens (tertiary/aromatic N) is 2. The van der Waals surface area contributed by atoms with Gasteiger partial charge in [0.2, 0.25) is 0 Å². The molecule has 0 saturated heterocycles. The summed E-state index contributed by atoms with van der Waals surface area (Å²) in [5, 5.41) is 6.51. The first-order chi connectivity index (χ1) is 13.5. The maximum Gasteiger partial charge on any atom is 0.323 e. The zero-order chi connectivity index (χ0) is 19.7. The molecule has 0 radical (unpaired) electrons. The fourth-order valence-corrected chi connectivity index (χ4v) is 3.55. The van der Waals surface area contributed by atoms with Gasteiger partial charge in [0.25, 0.3) is 0 Å². The van der Waals surface area contributed by atoms with Gasteiger partial charge in [-0.2, -0.15) is 0 Å². The Morgan fingerprint density at radius 3 is 2.61 bits per heavy atom. The van der Waals surface area contributed by atoms with Gasteiger partial charge in [-0.1, -0.05) is 6.07 Å². The van der Waals surface area contributed by atoms with Crippen molar-refractivity contribution in [3.63, 3.8) is 0 Å². The summed E-state index contributed by atoms with van der Waals surface area (Å²) < 4.78 is 15.8. The van der Waals surface area contributed by atoms with Crippen molar-refractivity contribution in [1.82, 2.24) is 9.55 Å². The van der Waals surface area contributed by atoms with Crippen LogP contribution in [0.2, 0.25) is 0 Å². The molecule has 7 heteroatoms. The van der Waals surface area contributed by atoms with E-state index >= 15 is 0 Å². The normalized spacial score (nSPS) is 10.8. The Bertz CT molecular complexity index is 1170. The van der Waals surface area contributed by atoms with Crippen LogP contribution in [0.1, 0.15) is 5.69 Å². The molecule has 0 aliphatic rings. The fraction of sp³-hybridized carbons (Fsp3) is 0.0476. The van der Waals surface area contributed by atoms with Gasteiger partial charge in [0.05, 0.1) is 15.7 Å². The summed E-state index contributed by atoms with van der Waals surface area (Å²) in [6.07, 6.45) is 3.49. The lowest BCUT2D eigenvalue weighted by molar-refractivity contribution is 0.262. The zero-order valence-electron chi connectivity index (χ0n) is 14.9. The molecular formula is C21H16BrFN4O. The first-order valence-electron chi connectivity index (χ1n) is 8.57. The first-order valence-corrected chi connectivity index (χ1v) is 9.37. The SMILES string of the molecule is Cc1cc2c(NC(=O)Nc3ccc(F)c(Br)c3)cccc2n1-c1ccncc1. The Labute approximate surface area is 169 Å². The smallest absolute Gasteiger partial charge is 0.314 e. The van der Waals surface area contributed by atoms with Gasteiger partial charge in [-0.05, 0) is 71.4 Å². The Balaban J connectivity index is 1.64. The number of hydrogen-bond donors (Lipinski definition) is 2. The van der Waals surface area contributed by atoms with Gasteiger partial charge in [-0.15, -0.1) is 0 Å². The second-order valence-electron chi connectivity index (χ2n) is 6.27. The van der Waals surface area contributed by atoms with E-state index in [1.54, 1.807) is 12.4 Å². The van der Waals surface area contributed by atoms with Gasteiger partial charge < -0.3 is 15.2 Å². The number of nitrogens with one attached hydrogen (secondary N) is 2. The monoisotopic (exact) mass is 438 g/mol. The van der Waals surface area contributed by atoms with Gasteiger partial charge in [-0.3, -0.25) is 4.98 Å². The lowest BCUT2D eigenvalue weighted by Crippen LogP contribution is -2.19. The Morgan fingerprint density at radius 1 is 1.07 bits per heavy atom. The summed E-state index contributed by atoms with van der Waals surface area (Å²) in [4.78, 5) is 16.5. The molecule has 4 aromatic rings. The summed E-state index contributed by atoms with van der Waals surface area (Å²) in [6, 6.07) is 15.5. The van der Waals surface area contributed by atoms with E-state index in [1.165, 1.54) is 18.2 Å². The maximum absolute atomic E-state index is 13.4. The number of aromatic nitrogens is 2. The van der Waals surface area contributed by atoms with Crippen molar-refractivity contribution < 1.29 is 9.18 Å². The van der Waals surface area contributed by atoms with E-state index in [-0.39, 0.29) is 10.3 Å². The van der Waals surface area contributed by atoms with Crippen LogP contribution in [-0.4, -0.2) is 15.6 Å². The predicted octanol–water partition coefficient (Wildman–Crippen LogP) is 5.88. The number of urea groups is 1. The highest BCUT2D eigenvalue weighted by Gasteiger charge is 2.13. The molecule has 2 N–H and O–H groups in total. The second-order valence-corrected chi connectivity index (χ2v) is 7.13. The minimum atomic E-state index is -0.402. The van der Waals surface area contributed by atoms with E-state index in [0.29, 0.717) is 11.4 Å². The lowest BCUT2D eigenvalue weighted by atomic mass is 10.2. The van der Waals surface area contributed by atoms with Crippen molar-refractivity contribution >= 4 is 44.2 Å². The molecule has 0 atom stereocenters. The van der Waals surface area contributed by atoms with E-state index in [2.05, 4.69) is 36.1 Å². The third-order valence-electron chi connectivity index (χ3n) is 4.38. The van der Waals surface area contributed by atoms with Crippen LogP contribution in [0.4, 0.5) is 20.6 Å². The molecular weight excluding hydrogens is 423 g/mol. The molecule has 0 aliphatic heterocycles. The third-order valence-corrected chi connectivity index (χ3v) is 4.98. The van der Waals surface area contributed by atoms with Crippen LogP contribution in [0.3, 0.4) is 0 Å². The third kappa shape index (κ3) is 3.48. The lowest BCUT2D eigenvalue weighted by Gasteiger charge is -2.11. The number of aryl methyl sites for hydroxylation is 1. The molecule has 28 heavy (non-hydrogen) atoms. The average Bonchev–Trinajstić information content (AvgIpc) is 3.02. The standard InChI is InChI=1S/C21H16BrFN4O/c1-13-11-16-19(26-21(28)25-14-5-6-18(23)17(22)12-14)3-2-4-20(16)27(13)15-7-9-24-10-8-15/h2-12H,1H3,(H2,25,26,28). The summed E-state index contributed by atoms with van der Waals surface area (Å²) in [7, 11) is 0. The van der Waals surface area contributed by atoms with Crippen LogP contribution in [0.15, 0.2) is 71.5 Å².